The summed E-state index contributed by atoms with van der Waals surface area (Å²) >= 11 is 0. The first-order valence-corrected chi connectivity index (χ1v) is 6.24. The fourth-order valence-electron chi connectivity index (χ4n) is 2.96. The normalized spacial score (nSPS) is 32.0. The van der Waals surface area contributed by atoms with Crippen LogP contribution in [0.2, 0.25) is 0 Å². The Hall–Kier alpha value is -1.13. The van der Waals surface area contributed by atoms with Crippen LogP contribution in [-0.4, -0.2) is 42.2 Å². The Bertz CT molecular complexity index is 392. The Kier molecular flexibility index (Phi) is 2.76. The summed E-state index contributed by atoms with van der Waals surface area (Å²) < 4.78 is 5.07. The molecule has 4 nitrogen and oxygen atoms in total. The standard InChI is InChI=1S/C13H19N3O/c1-9-7-16(11-6-15-13(9)11)8-10-3-4-12(17-2)14-5-10/h3-5,9,11,13,15H,6-8H2,1-2H3. The molecule has 2 saturated heterocycles. The number of nitrogens with one attached hydrogen (secondary N) is 1. The molecule has 1 N–H and O–H groups in total. The number of aromatic nitrogens is 1. The van der Waals surface area contributed by atoms with E-state index in [4.69, 9.17) is 4.74 Å². The smallest absolute Gasteiger partial charge is 0.212 e. The summed E-state index contributed by atoms with van der Waals surface area (Å²) in [6.07, 6.45) is 1.92. The van der Waals surface area contributed by atoms with Crippen LogP contribution in [0.3, 0.4) is 0 Å². The van der Waals surface area contributed by atoms with Gasteiger partial charge in [-0.1, -0.05) is 13.0 Å². The number of pyridine rings is 1. The monoisotopic (exact) mass is 233 g/mol. The molecular formula is C13H19N3O. The van der Waals surface area contributed by atoms with Crippen LogP contribution in [0.4, 0.5) is 0 Å². The second-order valence-electron chi connectivity index (χ2n) is 5.12. The second-order valence-corrected chi connectivity index (χ2v) is 5.12. The van der Waals surface area contributed by atoms with Gasteiger partial charge >= 0.3 is 0 Å². The third-order valence-electron chi connectivity index (χ3n) is 3.97. The summed E-state index contributed by atoms with van der Waals surface area (Å²) in [6, 6.07) is 5.48. The predicted molar refractivity (Wildman–Crippen MR) is 65.9 cm³/mol. The summed E-state index contributed by atoms with van der Waals surface area (Å²) in [5, 5.41) is 3.51. The van der Waals surface area contributed by atoms with Gasteiger partial charge in [-0.15, -0.1) is 0 Å². The minimum atomic E-state index is 0.687. The van der Waals surface area contributed by atoms with Crippen molar-refractivity contribution in [2.24, 2.45) is 5.92 Å². The highest BCUT2D eigenvalue weighted by Crippen LogP contribution is 2.30. The maximum absolute atomic E-state index is 5.07. The molecule has 3 unspecified atom stereocenters. The Labute approximate surface area is 102 Å². The summed E-state index contributed by atoms with van der Waals surface area (Å²) in [7, 11) is 1.65. The molecule has 0 radical (unpaired) electrons. The van der Waals surface area contributed by atoms with Crippen LogP contribution in [0.5, 0.6) is 5.88 Å². The van der Waals surface area contributed by atoms with Crippen LogP contribution < -0.4 is 10.1 Å². The molecule has 3 heterocycles. The van der Waals surface area contributed by atoms with E-state index in [1.165, 1.54) is 12.1 Å². The van der Waals surface area contributed by atoms with Crippen molar-refractivity contribution in [3.8, 4) is 5.88 Å². The van der Waals surface area contributed by atoms with Crippen LogP contribution in [-0.2, 0) is 6.54 Å². The van der Waals surface area contributed by atoms with Crippen molar-refractivity contribution >= 4 is 0 Å². The van der Waals surface area contributed by atoms with Crippen LogP contribution in [0.1, 0.15) is 12.5 Å². The summed E-state index contributed by atoms with van der Waals surface area (Å²) in [5.74, 6) is 1.45. The van der Waals surface area contributed by atoms with Crippen LogP contribution in [0.15, 0.2) is 18.3 Å². The largest absolute Gasteiger partial charge is 0.481 e. The molecule has 2 aliphatic heterocycles. The lowest BCUT2D eigenvalue weighted by Crippen LogP contribution is -2.60. The van der Waals surface area contributed by atoms with Gasteiger partial charge in [0, 0.05) is 44.0 Å². The fourth-order valence-corrected chi connectivity index (χ4v) is 2.96. The first-order chi connectivity index (χ1) is 8.28. The van der Waals surface area contributed by atoms with Crippen molar-refractivity contribution in [2.45, 2.75) is 25.6 Å². The van der Waals surface area contributed by atoms with E-state index in [1.54, 1.807) is 7.11 Å². The van der Waals surface area contributed by atoms with Crippen molar-refractivity contribution in [2.75, 3.05) is 20.2 Å². The number of fused-ring (bicyclic) bond motifs is 1. The molecule has 17 heavy (non-hydrogen) atoms. The number of rotatable bonds is 3. The van der Waals surface area contributed by atoms with Gasteiger partial charge in [-0.25, -0.2) is 4.98 Å². The van der Waals surface area contributed by atoms with Gasteiger partial charge in [0.05, 0.1) is 7.11 Å². The van der Waals surface area contributed by atoms with E-state index in [9.17, 15) is 0 Å². The van der Waals surface area contributed by atoms with Crippen molar-refractivity contribution in [3.05, 3.63) is 23.9 Å². The highest BCUT2D eigenvalue weighted by molar-refractivity contribution is 5.18. The maximum Gasteiger partial charge on any atom is 0.212 e. The van der Waals surface area contributed by atoms with Gasteiger partial charge in [0.25, 0.3) is 0 Å². The van der Waals surface area contributed by atoms with Crippen molar-refractivity contribution in [1.29, 1.82) is 0 Å². The highest BCUT2D eigenvalue weighted by atomic mass is 16.5. The quantitative estimate of drug-likeness (QED) is 0.841. The first-order valence-electron chi connectivity index (χ1n) is 6.24. The Morgan fingerprint density at radius 2 is 2.41 bits per heavy atom. The Morgan fingerprint density at radius 1 is 1.53 bits per heavy atom. The minimum Gasteiger partial charge on any atom is -0.481 e. The molecule has 2 aliphatic rings. The van der Waals surface area contributed by atoms with E-state index < -0.39 is 0 Å². The molecular weight excluding hydrogens is 214 g/mol. The zero-order valence-corrected chi connectivity index (χ0v) is 10.4. The zero-order valence-electron chi connectivity index (χ0n) is 10.4. The van der Waals surface area contributed by atoms with Crippen molar-refractivity contribution < 1.29 is 4.74 Å². The number of ether oxygens (including phenoxy) is 1. The van der Waals surface area contributed by atoms with Crippen LogP contribution >= 0.6 is 0 Å². The van der Waals surface area contributed by atoms with E-state index in [2.05, 4.69) is 28.2 Å². The maximum atomic E-state index is 5.07. The lowest BCUT2D eigenvalue weighted by Gasteiger charge is -2.38. The number of likely N-dealkylation sites (tertiary alicyclic amines) is 1. The average Bonchev–Trinajstić information content (AvgIpc) is 2.48. The minimum absolute atomic E-state index is 0.687. The van der Waals surface area contributed by atoms with E-state index in [1.807, 2.05) is 12.3 Å². The zero-order chi connectivity index (χ0) is 11.8. The highest BCUT2D eigenvalue weighted by Gasteiger charge is 2.44. The molecule has 92 valence electrons. The van der Waals surface area contributed by atoms with Crippen molar-refractivity contribution in [3.63, 3.8) is 0 Å². The molecule has 2 fully saturated rings. The van der Waals surface area contributed by atoms with Crippen molar-refractivity contribution in [1.82, 2.24) is 15.2 Å². The third kappa shape index (κ3) is 1.91. The average molecular weight is 233 g/mol. The van der Waals surface area contributed by atoms with Gasteiger partial charge in [-0.05, 0) is 11.5 Å². The van der Waals surface area contributed by atoms with Gasteiger partial charge in [-0.2, -0.15) is 0 Å². The van der Waals surface area contributed by atoms with E-state index in [-0.39, 0.29) is 0 Å². The lowest BCUT2D eigenvalue weighted by atomic mass is 9.94. The van der Waals surface area contributed by atoms with Gasteiger partial charge in [0.2, 0.25) is 5.88 Å². The van der Waals surface area contributed by atoms with Gasteiger partial charge < -0.3 is 10.1 Å². The van der Waals surface area contributed by atoms with E-state index in [0.29, 0.717) is 11.9 Å². The molecule has 0 aliphatic carbocycles. The van der Waals surface area contributed by atoms with E-state index in [0.717, 1.165) is 25.0 Å². The third-order valence-corrected chi connectivity index (χ3v) is 3.97. The SMILES string of the molecule is COc1ccc(CN2CC(C)C3NCC32)cn1. The summed E-state index contributed by atoms with van der Waals surface area (Å²) in [6.45, 7) is 5.66. The molecule has 3 rings (SSSR count). The molecule has 1 aromatic rings. The molecule has 0 aromatic carbocycles. The van der Waals surface area contributed by atoms with E-state index >= 15 is 0 Å². The molecule has 0 bridgehead atoms. The molecule has 0 spiro atoms. The van der Waals surface area contributed by atoms with Gasteiger partial charge in [0.15, 0.2) is 0 Å². The van der Waals surface area contributed by atoms with Crippen LogP contribution in [0.25, 0.3) is 0 Å². The predicted octanol–water partition coefficient (Wildman–Crippen LogP) is 0.882. The van der Waals surface area contributed by atoms with Gasteiger partial charge in [0.1, 0.15) is 0 Å². The number of hydrogen-bond acceptors (Lipinski definition) is 4. The van der Waals surface area contributed by atoms with Crippen LogP contribution in [0, 0.1) is 5.92 Å². The molecule has 3 atom stereocenters. The number of nitrogens with zero attached hydrogens (tertiary/aromatic N) is 2. The first kappa shape index (κ1) is 11.0. The second kappa shape index (κ2) is 4.27. The Balaban J connectivity index is 1.66. The summed E-state index contributed by atoms with van der Waals surface area (Å²) in [4.78, 5) is 6.82. The summed E-state index contributed by atoms with van der Waals surface area (Å²) in [5.41, 5.74) is 1.27. The molecule has 0 saturated carbocycles. The molecule has 0 amide bonds. The lowest BCUT2D eigenvalue weighted by molar-refractivity contribution is 0.165. The molecule has 4 heteroatoms. The number of methoxy groups -OCH3 is 1. The topological polar surface area (TPSA) is 37.4 Å². The fraction of sp³-hybridized carbons (Fsp3) is 0.615. The molecule has 1 aromatic heterocycles. The Morgan fingerprint density at radius 3 is 2.94 bits per heavy atom. The number of hydrogen-bond donors (Lipinski definition) is 1. The van der Waals surface area contributed by atoms with Gasteiger partial charge in [-0.3, -0.25) is 4.90 Å².